The molecule has 3 heteroatoms. The van der Waals surface area contributed by atoms with Gasteiger partial charge in [-0.2, -0.15) is 0 Å². The average Bonchev–Trinajstić information content (AvgIpc) is 2.04. The maximum atomic E-state index is 9.00. The Bertz CT molecular complexity index is 108. The minimum absolute atomic E-state index is 0.833. The number of carboxylic acid groups (broad SMARTS) is 1. The molecule has 0 rings (SSSR count). The fourth-order valence-electron chi connectivity index (χ4n) is 1.44. The van der Waals surface area contributed by atoms with Gasteiger partial charge in [-0.15, -0.1) is 0 Å². The molecule has 2 nitrogen and oxygen atoms in total. The van der Waals surface area contributed by atoms with Crippen molar-refractivity contribution < 1.29 is 9.90 Å². The van der Waals surface area contributed by atoms with Crippen LogP contribution in [0.2, 0.25) is 11.9 Å². The van der Waals surface area contributed by atoms with Crippen molar-refractivity contribution in [3.05, 3.63) is 0 Å². The molecule has 0 aliphatic heterocycles. The first-order chi connectivity index (χ1) is 6.58. The van der Waals surface area contributed by atoms with Crippen LogP contribution in [0.5, 0.6) is 0 Å². The van der Waals surface area contributed by atoms with Crippen LogP contribution in [0.15, 0.2) is 0 Å². The van der Waals surface area contributed by atoms with Gasteiger partial charge in [0, 0.05) is 6.92 Å². The molecule has 1 N–H and O–H groups in total. The summed E-state index contributed by atoms with van der Waals surface area (Å²) >= 11 is -0.907. The first-order valence-corrected chi connectivity index (χ1v) is 13.9. The molecule has 85 valence electrons. The van der Waals surface area contributed by atoms with Gasteiger partial charge in [0.15, 0.2) is 0 Å². The summed E-state index contributed by atoms with van der Waals surface area (Å²) in [5.41, 5.74) is 0. The Morgan fingerprint density at radius 2 is 1.21 bits per heavy atom. The molecule has 14 heavy (non-hydrogen) atoms. The van der Waals surface area contributed by atoms with Crippen LogP contribution in [0.3, 0.4) is 0 Å². The molecule has 0 aromatic rings. The maximum absolute atomic E-state index is 9.00. The zero-order valence-corrected chi connectivity index (χ0v) is 14.0. The van der Waals surface area contributed by atoms with E-state index >= 15 is 0 Å². The Labute approximate surface area is 97.2 Å². The van der Waals surface area contributed by atoms with Gasteiger partial charge < -0.3 is 5.11 Å². The standard InChI is InChI=1S/3C3H7.C2H4O2.Pb/c3*1-3-2;1-2(3)4;/h3*1,3H2,2H3;1H3,(H,3,4);. The zero-order chi connectivity index (χ0) is 11.4. The van der Waals surface area contributed by atoms with Gasteiger partial charge in [-0.25, -0.2) is 0 Å². The van der Waals surface area contributed by atoms with Crippen LogP contribution < -0.4 is 0 Å². The van der Waals surface area contributed by atoms with Crippen molar-refractivity contribution in [2.24, 2.45) is 0 Å². The molecule has 0 heterocycles. The summed E-state index contributed by atoms with van der Waals surface area (Å²) in [6, 6.07) is 0. The minimum atomic E-state index is -0.907. The molecule has 0 aromatic carbocycles. The van der Waals surface area contributed by atoms with Crippen LogP contribution in [0.25, 0.3) is 0 Å². The SMILES string of the molecule is CC(=O)O.CC[CH2][Pb]([CH2]CC)[CH2]CC. The van der Waals surface area contributed by atoms with Gasteiger partial charge >= 0.3 is 74.7 Å². The van der Waals surface area contributed by atoms with Gasteiger partial charge in [-0.05, 0) is 0 Å². The third kappa shape index (κ3) is 18.2. The Morgan fingerprint density at radius 1 is 1.00 bits per heavy atom. The molecule has 0 aromatic heterocycles. The van der Waals surface area contributed by atoms with E-state index in [1.54, 1.807) is 11.9 Å². The third-order valence-electron chi connectivity index (χ3n) is 1.81. The Morgan fingerprint density at radius 3 is 1.36 bits per heavy atom. The molecule has 0 unspecified atom stereocenters. The molecule has 0 amide bonds. The van der Waals surface area contributed by atoms with E-state index in [4.69, 9.17) is 9.90 Å². The first kappa shape index (κ1) is 16.8. The Hall–Kier alpha value is 0.392. The average molecular weight is 397 g/mol. The molecule has 0 atom stereocenters. The summed E-state index contributed by atoms with van der Waals surface area (Å²) < 4.78 is 4.98. The number of rotatable bonds is 6. The summed E-state index contributed by atoms with van der Waals surface area (Å²) in [4.78, 5) is 9.00. The van der Waals surface area contributed by atoms with Gasteiger partial charge in [0.1, 0.15) is 0 Å². The van der Waals surface area contributed by atoms with Crippen molar-refractivity contribution in [2.45, 2.75) is 58.9 Å². The van der Waals surface area contributed by atoms with E-state index in [1.807, 2.05) is 0 Å². The third-order valence-corrected chi connectivity index (χ3v) is 15.9. The molecule has 0 aliphatic carbocycles. The quantitative estimate of drug-likeness (QED) is 0.694. The summed E-state index contributed by atoms with van der Waals surface area (Å²) in [5, 5.41) is 7.42. The van der Waals surface area contributed by atoms with Gasteiger partial charge in [0.05, 0.1) is 0 Å². The molecular formula is C11H25O2Pb. The molecule has 0 spiro atoms. The van der Waals surface area contributed by atoms with Crippen molar-refractivity contribution in [1.82, 2.24) is 0 Å². The molecule has 0 saturated carbocycles. The van der Waals surface area contributed by atoms with Gasteiger partial charge in [-0.3, -0.25) is 4.79 Å². The number of carboxylic acids is 1. The normalized spacial score (nSPS) is 9.50. The van der Waals surface area contributed by atoms with Gasteiger partial charge in [-0.1, -0.05) is 0 Å². The van der Waals surface area contributed by atoms with E-state index in [0.29, 0.717) is 0 Å². The van der Waals surface area contributed by atoms with E-state index < -0.39 is 28.7 Å². The van der Waals surface area contributed by atoms with Crippen LogP contribution in [-0.2, 0) is 4.79 Å². The van der Waals surface area contributed by atoms with Crippen molar-refractivity contribution in [2.75, 3.05) is 0 Å². The number of hydrogen-bond donors (Lipinski definition) is 1. The van der Waals surface area contributed by atoms with Crippen molar-refractivity contribution in [3.63, 3.8) is 0 Å². The topological polar surface area (TPSA) is 37.3 Å². The molecule has 0 saturated heterocycles. The Kier molecular flexibility index (Phi) is 16.1. The Balaban J connectivity index is 0. The van der Waals surface area contributed by atoms with E-state index in [0.717, 1.165) is 6.92 Å². The van der Waals surface area contributed by atoms with E-state index in [1.165, 1.54) is 19.3 Å². The van der Waals surface area contributed by atoms with Gasteiger partial charge in [0.2, 0.25) is 0 Å². The molecule has 0 fully saturated rings. The van der Waals surface area contributed by atoms with Crippen molar-refractivity contribution in [1.29, 1.82) is 0 Å². The fraction of sp³-hybridized carbons (Fsp3) is 0.909. The fourth-order valence-corrected chi connectivity index (χ4v) is 12.6. The summed E-state index contributed by atoms with van der Waals surface area (Å²) in [7, 11) is 0. The zero-order valence-electron chi connectivity index (χ0n) is 10.1. The second kappa shape index (κ2) is 13.4. The van der Waals surface area contributed by atoms with E-state index in [-0.39, 0.29) is 0 Å². The van der Waals surface area contributed by atoms with Crippen LogP contribution in [-0.4, -0.2) is 33.8 Å². The van der Waals surface area contributed by atoms with Crippen molar-refractivity contribution >= 4 is 28.7 Å². The van der Waals surface area contributed by atoms with Crippen LogP contribution >= 0.6 is 0 Å². The molecule has 1 radical (unpaired) electrons. The number of aliphatic carboxylic acids is 1. The summed E-state index contributed by atoms with van der Waals surface area (Å²) in [5.74, 6) is -0.833. The van der Waals surface area contributed by atoms with Crippen LogP contribution in [0.4, 0.5) is 0 Å². The van der Waals surface area contributed by atoms with Gasteiger partial charge in [0.25, 0.3) is 5.97 Å². The van der Waals surface area contributed by atoms with E-state index in [2.05, 4.69) is 20.8 Å². The summed E-state index contributed by atoms with van der Waals surface area (Å²) in [6.45, 7) is 8.11. The van der Waals surface area contributed by atoms with E-state index in [9.17, 15) is 0 Å². The molecule has 0 aliphatic rings. The monoisotopic (exact) mass is 397 g/mol. The van der Waals surface area contributed by atoms with Crippen LogP contribution in [0, 0.1) is 0 Å². The number of hydrogen-bond acceptors (Lipinski definition) is 1. The second-order valence-electron chi connectivity index (χ2n) is 3.52. The number of carbonyl (C=O) groups is 1. The first-order valence-electron chi connectivity index (χ1n) is 5.61. The van der Waals surface area contributed by atoms with Crippen LogP contribution in [0.1, 0.15) is 47.0 Å². The predicted molar refractivity (Wildman–Crippen MR) is 64.4 cm³/mol. The van der Waals surface area contributed by atoms with Crippen molar-refractivity contribution in [3.8, 4) is 0 Å². The molecular weight excluding hydrogens is 371 g/mol. The summed E-state index contributed by atoms with van der Waals surface area (Å²) in [6.07, 6.45) is 4.38. The predicted octanol–water partition coefficient (Wildman–Crippen LogP) is 3.80. The molecule has 0 bridgehead atoms. The second-order valence-corrected chi connectivity index (χ2v) is 15.2.